The van der Waals surface area contributed by atoms with Crippen LogP contribution in [-0.2, 0) is 16.7 Å². The van der Waals surface area contributed by atoms with E-state index in [9.17, 15) is 4.39 Å². The van der Waals surface area contributed by atoms with Gasteiger partial charge in [0.25, 0.3) is 0 Å². The van der Waals surface area contributed by atoms with Gasteiger partial charge < -0.3 is 19.1 Å². The van der Waals surface area contributed by atoms with Crippen LogP contribution in [0.2, 0.25) is 0 Å². The quantitative estimate of drug-likeness (QED) is 0.272. The third-order valence-corrected chi connectivity index (χ3v) is 8.72. The van der Waals surface area contributed by atoms with Gasteiger partial charge in [-0.05, 0) is 68.7 Å². The zero-order chi connectivity index (χ0) is 27.4. The molecule has 10 heteroatoms. The smallest absolute Gasteiger partial charge is 0.242 e. The Morgan fingerprint density at radius 2 is 1.85 bits per heavy atom. The fourth-order valence-corrected chi connectivity index (χ4v) is 6.71. The van der Waals surface area contributed by atoms with Crippen molar-refractivity contribution in [3.63, 3.8) is 0 Å². The average molecular weight is 542 g/mol. The molecule has 5 aromatic rings. The Morgan fingerprint density at radius 3 is 2.60 bits per heavy atom. The van der Waals surface area contributed by atoms with Gasteiger partial charge in [-0.2, -0.15) is 0 Å². The molecule has 1 fully saturated rings. The zero-order valence-corrected chi connectivity index (χ0v) is 22.8. The molecule has 1 aliphatic carbocycles. The molecule has 0 spiro atoms. The van der Waals surface area contributed by atoms with Crippen molar-refractivity contribution >= 4 is 10.9 Å². The van der Waals surface area contributed by atoms with Crippen LogP contribution in [-0.4, -0.2) is 43.3 Å². The van der Waals surface area contributed by atoms with Gasteiger partial charge in [-0.25, -0.2) is 14.4 Å². The van der Waals surface area contributed by atoms with Crippen molar-refractivity contribution in [2.45, 2.75) is 63.6 Å². The van der Waals surface area contributed by atoms with Crippen molar-refractivity contribution in [1.29, 1.82) is 0 Å². The summed E-state index contributed by atoms with van der Waals surface area (Å²) in [6.07, 6.45) is 6.52. The van der Waals surface area contributed by atoms with Crippen LogP contribution >= 0.6 is 0 Å². The lowest BCUT2D eigenvalue weighted by atomic mass is 9.68. The lowest BCUT2D eigenvalue weighted by molar-refractivity contribution is 0.0304. The first-order valence-corrected chi connectivity index (χ1v) is 13.9. The zero-order valence-electron chi connectivity index (χ0n) is 22.8. The van der Waals surface area contributed by atoms with E-state index in [4.69, 9.17) is 14.1 Å². The van der Waals surface area contributed by atoms with Crippen LogP contribution < -0.4 is 5.32 Å². The Morgan fingerprint density at radius 1 is 1.02 bits per heavy atom. The van der Waals surface area contributed by atoms with Gasteiger partial charge >= 0.3 is 0 Å². The summed E-state index contributed by atoms with van der Waals surface area (Å²) in [5.74, 6) is 1.72. The van der Waals surface area contributed by atoms with Crippen LogP contribution in [0.4, 0.5) is 4.39 Å². The molecule has 7 rings (SSSR count). The van der Waals surface area contributed by atoms with Gasteiger partial charge in [-0.3, -0.25) is 5.32 Å². The van der Waals surface area contributed by atoms with Gasteiger partial charge in [0.15, 0.2) is 0 Å². The lowest BCUT2D eigenvalue weighted by Gasteiger charge is -2.46. The van der Waals surface area contributed by atoms with Crippen molar-refractivity contribution < 1.29 is 13.5 Å². The first kappa shape index (κ1) is 25.1. The number of pyridine rings is 1. The maximum Gasteiger partial charge on any atom is 0.242 e. The molecule has 2 atom stereocenters. The summed E-state index contributed by atoms with van der Waals surface area (Å²) < 4.78 is 25.9. The molecule has 1 unspecified atom stereocenters. The number of imidazole rings is 1. The van der Waals surface area contributed by atoms with Crippen LogP contribution in [0, 0.1) is 25.6 Å². The normalized spacial score (nSPS) is 24.9. The predicted molar refractivity (Wildman–Crippen MR) is 147 cm³/mol. The number of hydrogen-bond donors (Lipinski definition) is 3. The van der Waals surface area contributed by atoms with Crippen molar-refractivity contribution in [2.75, 3.05) is 7.11 Å². The van der Waals surface area contributed by atoms with E-state index in [0.717, 1.165) is 48.4 Å². The number of benzene rings is 1. The van der Waals surface area contributed by atoms with E-state index < -0.39 is 5.54 Å². The fourth-order valence-electron chi connectivity index (χ4n) is 6.71. The summed E-state index contributed by atoms with van der Waals surface area (Å²) in [6.45, 7) is 3.49. The number of para-hydroxylation sites is 1. The number of H-pyrrole nitrogens is 2. The molecule has 1 aromatic carbocycles. The second-order valence-electron chi connectivity index (χ2n) is 11.0. The number of aromatic nitrogens is 6. The Balaban J connectivity index is 1.38. The third kappa shape index (κ3) is 3.97. The van der Waals surface area contributed by atoms with E-state index in [-0.39, 0.29) is 23.9 Å². The predicted octanol–water partition coefficient (Wildman–Crippen LogP) is 5.43. The van der Waals surface area contributed by atoms with Crippen LogP contribution in [0.3, 0.4) is 0 Å². The first-order chi connectivity index (χ1) is 19.5. The minimum absolute atomic E-state index is 0.172. The number of halogens is 1. The highest BCUT2D eigenvalue weighted by atomic mass is 19.1. The van der Waals surface area contributed by atoms with Gasteiger partial charge in [-0.1, -0.05) is 18.2 Å². The molecule has 0 radical (unpaired) electrons. The molecule has 0 saturated heterocycles. The maximum absolute atomic E-state index is 13.9. The number of rotatable bonds is 5. The van der Waals surface area contributed by atoms with E-state index in [1.807, 2.05) is 13.0 Å². The molecule has 206 valence electrons. The summed E-state index contributed by atoms with van der Waals surface area (Å²) in [6, 6.07) is 11.3. The Hall–Kier alpha value is -3.89. The summed E-state index contributed by atoms with van der Waals surface area (Å²) >= 11 is 0. The van der Waals surface area contributed by atoms with Crippen molar-refractivity contribution in [3.8, 4) is 11.4 Å². The second kappa shape index (κ2) is 9.64. The van der Waals surface area contributed by atoms with Crippen LogP contribution in [0.5, 0.6) is 0 Å². The number of methoxy groups -OCH3 is 1. The molecule has 0 amide bonds. The Bertz CT molecular complexity index is 1680. The SMILES string of the molecule is COC1CCC(C2(c3nnc(C)o3)N[C@@H](c3ncc(-c4ccc(F)c(C)n4)[nH]3)Cc3c2[nH]c2ccccc32)CC1. The molecule has 3 N–H and O–H groups in total. The molecular formula is C30H32FN7O2. The van der Waals surface area contributed by atoms with E-state index >= 15 is 0 Å². The molecule has 4 aromatic heterocycles. The number of nitrogens with one attached hydrogen (secondary N) is 3. The summed E-state index contributed by atoms with van der Waals surface area (Å²) in [4.78, 5) is 16.4. The molecule has 2 aliphatic rings. The van der Waals surface area contributed by atoms with E-state index in [1.54, 1.807) is 26.3 Å². The second-order valence-corrected chi connectivity index (χ2v) is 11.0. The topological polar surface area (TPSA) is 118 Å². The van der Waals surface area contributed by atoms with Crippen LogP contribution in [0.25, 0.3) is 22.3 Å². The average Bonchev–Trinajstić information content (AvgIpc) is 3.73. The van der Waals surface area contributed by atoms with Crippen molar-refractivity contribution in [1.82, 2.24) is 35.5 Å². The number of aromatic amines is 2. The third-order valence-electron chi connectivity index (χ3n) is 8.72. The molecular weight excluding hydrogens is 509 g/mol. The van der Waals surface area contributed by atoms with E-state index in [1.165, 1.54) is 17.0 Å². The van der Waals surface area contributed by atoms with Gasteiger partial charge in [0.2, 0.25) is 11.8 Å². The summed E-state index contributed by atoms with van der Waals surface area (Å²) in [5, 5.41) is 14.0. The number of fused-ring (bicyclic) bond motifs is 3. The van der Waals surface area contributed by atoms with Gasteiger partial charge in [0.1, 0.15) is 17.2 Å². The number of nitrogens with zero attached hydrogens (tertiary/aromatic N) is 4. The molecule has 1 saturated carbocycles. The van der Waals surface area contributed by atoms with Crippen molar-refractivity contribution in [2.24, 2.45) is 5.92 Å². The highest BCUT2D eigenvalue weighted by Crippen LogP contribution is 2.50. The summed E-state index contributed by atoms with van der Waals surface area (Å²) in [5.41, 5.74) is 4.38. The Labute approximate surface area is 231 Å². The minimum atomic E-state index is -0.741. The number of aryl methyl sites for hydroxylation is 2. The lowest BCUT2D eigenvalue weighted by Crippen LogP contribution is -2.56. The van der Waals surface area contributed by atoms with E-state index in [2.05, 4.69) is 48.7 Å². The van der Waals surface area contributed by atoms with Crippen LogP contribution in [0.15, 0.2) is 47.0 Å². The largest absolute Gasteiger partial charge is 0.423 e. The highest BCUT2D eigenvalue weighted by Gasteiger charge is 2.54. The number of ether oxygens (including phenoxy) is 1. The molecule has 1 aliphatic heterocycles. The van der Waals surface area contributed by atoms with Crippen molar-refractivity contribution in [3.05, 3.63) is 83.0 Å². The monoisotopic (exact) mass is 541 g/mol. The molecule has 5 heterocycles. The fraction of sp³-hybridized carbons (Fsp3) is 0.400. The van der Waals surface area contributed by atoms with Gasteiger partial charge in [0, 0.05) is 30.6 Å². The van der Waals surface area contributed by atoms with Gasteiger partial charge in [0.05, 0.1) is 35.4 Å². The number of hydrogen-bond acceptors (Lipinski definition) is 7. The minimum Gasteiger partial charge on any atom is -0.423 e. The first-order valence-electron chi connectivity index (χ1n) is 13.9. The molecule has 40 heavy (non-hydrogen) atoms. The summed E-state index contributed by atoms with van der Waals surface area (Å²) in [7, 11) is 1.79. The van der Waals surface area contributed by atoms with E-state index in [0.29, 0.717) is 29.6 Å². The standard InChI is InChI=1S/C30H32FN7O2/c1-16-22(31)12-13-24(33-16)26-15-32-28(35-26)25-14-21-20-6-4-5-7-23(20)34-27(21)30(36-25,29-38-37-17(2)40-29)18-8-10-19(39-3)11-9-18/h4-7,12-13,15,18-19,25,34,36H,8-11,14H2,1-3H3,(H,32,35)/t18?,19?,25-,30?/m1/s1. The maximum atomic E-state index is 13.9. The molecule has 0 bridgehead atoms. The molecule has 9 nitrogen and oxygen atoms in total. The highest BCUT2D eigenvalue weighted by molar-refractivity contribution is 5.85. The van der Waals surface area contributed by atoms with Gasteiger partial charge in [-0.15, -0.1) is 10.2 Å². The Kier molecular flexibility index (Phi) is 6.05. The van der Waals surface area contributed by atoms with Crippen LogP contribution in [0.1, 0.15) is 66.3 Å².